The molecule has 4 nitrogen and oxygen atoms in total. The number of benzene rings is 1. The maximum Gasteiger partial charge on any atom is 0.322 e. The molecule has 1 aromatic carbocycles. The Bertz CT molecular complexity index is 460. The minimum atomic E-state index is -0.994. The first kappa shape index (κ1) is 13.1. The number of esters is 1. The minimum absolute atomic E-state index is 0.0633. The molecule has 1 aromatic rings. The van der Waals surface area contributed by atoms with Crippen LogP contribution in [0.25, 0.3) is 0 Å². The highest BCUT2D eigenvalue weighted by molar-refractivity contribution is 5.75. The summed E-state index contributed by atoms with van der Waals surface area (Å²) in [6, 6.07) is 2.36. The van der Waals surface area contributed by atoms with Crippen LogP contribution >= 0.6 is 0 Å². The lowest BCUT2D eigenvalue weighted by Gasteiger charge is -2.09. The third-order valence-electron chi connectivity index (χ3n) is 2.17. The first-order valence-electron chi connectivity index (χ1n) is 4.71. The molecule has 0 bridgehead atoms. The Morgan fingerprint density at radius 2 is 2.06 bits per heavy atom. The largest absolute Gasteiger partial charge is 0.468 e. The molecule has 0 aromatic heterocycles. The van der Waals surface area contributed by atoms with Gasteiger partial charge in [0.2, 0.25) is 0 Å². The molecule has 0 aliphatic rings. The molecule has 0 radical (unpaired) electrons. The van der Waals surface area contributed by atoms with Crippen LogP contribution in [-0.4, -0.2) is 19.1 Å². The van der Waals surface area contributed by atoms with E-state index in [0.717, 1.165) is 12.1 Å². The number of carbonyl (C=O) groups is 1. The molecular weight excluding hydrogens is 230 g/mol. The van der Waals surface area contributed by atoms with Crippen molar-refractivity contribution in [2.24, 2.45) is 5.73 Å². The van der Waals surface area contributed by atoms with Crippen LogP contribution in [0.3, 0.4) is 0 Å². The number of nitrogens with zero attached hydrogens (tertiary/aromatic N) is 1. The fourth-order valence-electron chi connectivity index (χ4n) is 1.34. The summed E-state index contributed by atoms with van der Waals surface area (Å²) in [5, 5.41) is 8.47. The van der Waals surface area contributed by atoms with Crippen molar-refractivity contribution < 1.29 is 18.3 Å². The van der Waals surface area contributed by atoms with Crippen molar-refractivity contribution in [3.8, 4) is 6.07 Å². The van der Waals surface area contributed by atoms with Gasteiger partial charge < -0.3 is 10.5 Å². The van der Waals surface area contributed by atoms with E-state index in [0.29, 0.717) is 0 Å². The third-order valence-corrected chi connectivity index (χ3v) is 2.17. The molecule has 0 aliphatic heterocycles. The Morgan fingerprint density at radius 1 is 1.53 bits per heavy atom. The standard InChI is InChI=1S/C11H10F2N2O2/c1-17-11(16)10(15)4-6-2-8(12)7(5-14)9(13)3-6/h2-3,10H,4,15H2,1H3/t10-/m1/s1. The summed E-state index contributed by atoms with van der Waals surface area (Å²) in [5.41, 5.74) is 4.99. The van der Waals surface area contributed by atoms with E-state index in [1.807, 2.05) is 0 Å². The highest BCUT2D eigenvalue weighted by atomic mass is 19.1. The number of nitriles is 1. The summed E-state index contributed by atoms with van der Waals surface area (Å²) in [7, 11) is 1.17. The molecule has 0 fully saturated rings. The van der Waals surface area contributed by atoms with Gasteiger partial charge in [-0.05, 0) is 24.1 Å². The van der Waals surface area contributed by atoms with Gasteiger partial charge in [0.25, 0.3) is 0 Å². The number of nitrogens with two attached hydrogens (primary N) is 1. The summed E-state index contributed by atoms with van der Waals surface area (Å²) in [5.74, 6) is -2.62. The van der Waals surface area contributed by atoms with Crippen LogP contribution in [0.1, 0.15) is 11.1 Å². The second-order valence-electron chi connectivity index (χ2n) is 3.38. The number of methoxy groups -OCH3 is 1. The number of carbonyl (C=O) groups excluding carboxylic acids is 1. The number of hydrogen-bond donors (Lipinski definition) is 1. The Morgan fingerprint density at radius 3 is 2.47 bits per heavy atom. The van der Waals surface area contributed by atoms with Crippen LogP contribution < -0.4 is 5.73 Å². The molecule has 6 heteroatoms. The van der Waals surface area contributed by atoms with E-state index in [4.69, 9.17) is 11.0 Å². The van der Waals surface area contributed by atoms with Crippen LogP contribution in [0.4, 0.5) is 8.78 Å². The van der Waals surface area contributed by atoms with Gasteiger partial charge in [-0.1, -0.05) is 0 Å². The minimum Gasteiger partial charge on any atom is -0.468 e. The maximum atomic E-state index is 13.2. The zero-order chi connectivity index (χ0) is 13.0. The molecule has 0 amide bonds. The van der Waals surface area contributed by atoms with Gasteiger partial charge in [0, 0.05) is 0 Å². The van der Waals surface area contributed by atoms with Crippen molar-refractivity contribution in [2.45, 2.75) is 12.5 Å². The Hall–Kier alpha value is -2.00. The van der Waals surface area contributed by atoms with Crippen molar-refractivity contribution in [1.82, 2.24) is 0 Å². The van der Waals surface area contributed by atoms with Gasteiger partial charge in [0.15, 0.2) is 0 Å². The molecule has 2 N–H and O–H groups in total. The Kier molecular flexibility index (Phi) is 4.12. The van der Waals surface area contributed by atoms with Gasteiger partial charge in [-0.25, -0.2) is 8.78 Å². The van der Waals surface area contributed by atoms with Crippen molar-refractivity contribution in [3.05, 3.63) is 34.9 Å². The molecule has 0 aliphatic carbocycles. The maximum absolute atomic E-state index is 13.2. The van der Waals surface area contributed by atoms with Crippen LogP contribution in [-0.2, 0) is 16.0 Å². The van der Waals surface area contributed by atoms with Gasteiger partial charge in [-0.2, -0.15) is 5.26 Å². The third kappa shape index (κ3) is 2.98. The number of hydrogen-bond acceptors (Lipinski definition) is 4. The van der Waals surface area contributed by atoms with E-state index in [2.05, 4.69) is 4.74 Å². The summed E-state index contributed by atoms with van der Waals surface area (Å²) < 4.78 is 30.8. The highest BCUT2D eigenvalue weighted by Gasteiger charge is 2.17. The van der Waals surface area contributed by atoms with Crippen LogP contribution in [0, 0.1) is 23.0 Å². The van der Waals surface area contributed by atoms with Crippen LogP contribution in [0.2, 0.25) is 0 Å². The lowest BCUT2D eigenvalue weighted by atomic mass is 10.0. The first-order chi connectivity index (χ1) is 7.99. The molecule has 0 spiro atoms. The summed E-state index contributed by atoms with van der Waals surface area (Å²) in [6.07, 6.45) is -0.0633. The average Bonchev–Trinajstić information content (AvgIpc) is 2.27. The quantitative estimate of drug-likeness (QED) is 0.795. The van der Waals surface area contributed by atoms with E-state index in [1.165, 1.54) is 13.2 Å². The van der Waals surface area contributed by atoms with E-state index in [9.17, 15) is 13.6 Å². The van der Waals surface area contributed by atoms with Crippen molar-refractivity contribution in [1.29, 1.82) is 5.26 Å². The zero-order valence-corrected chi connectivity index (χ0v) is 9.04. The summed E-state index contributed by atoms with van der Waals surface area (Å²) in [4.78, 5) is 11.0. The smallest absolute Gasteiger partial charge is 0.322 e. The molecule has 0 saturated heterocycles. The molecular formula is C11H10F2N2O2. The fourth-order valence-corrected chi connectivity index (χ4v) is 1.34. The van der Waals surface area contributed by atoms with E-state index < -0.39 is 29.2 Å². The van der Waals surface area contributed by atoms with E-state index in [-0.39, 0.29) is 12.0 Å². The van der Waals surface area contributed by atoms with Gasteiger partial charge in [-0.15, -0.1) is 0 Å². The van der Waals surface area contributed by atoms with Gasteiger partial charge in [-0.3, -0.25) is 4.79 Å². The number of ether oxygens (including phenoxy) is 1. The second kappa shape index (κ2) is 5.37. The predicted octanol–water partition coefficient (Wildman–Crippen LogP) is 0.879. The molecule has 17 heavy (non-hydrogen) atoms. The summed E-state index contributed by atoms with van der Waals surface area (Å²) in [6.45, 7) is 0. The molecule has 0 unspecified atom stereocenters. The van der Waals surface area contributed by atoms with Gasteiger partial charge in [0.05, 0.1) is 7.11 Å². The van der Waals surface area contributed by atoms with Gasteiger partial charge >= 0.3 is 5.97 Å². The number of halogens is 2. The SMILES string of the molecule is COC(=O)[C@H](N)Cc1cc(F)c(C#N)c(F)c1. The lowest BCUT2D eigenvalue weighted by Crippen LogP contribution is -2.33. The monoisotopic (exact) mass is 240 g/mol. The van der Waals surface area contributed by atoms with E-state index in [1.54, 1.807) is 0 Å². The topological polar surface area (TPSA) is 76.1 Å². The first-order valence-corrected chi connectivity index (χ1v) is 4.71. The van der Waals surface area contributed by atoms with Crippen molar-refractivity contribution >= 4 is 5.97 Å². The van der Waals surface area contributed by atoms with E-state index >= 15 is 0 Å². The van der Waals surface area contributed by atoms with Crippen molar-refractivity contribution in [3.63, 3.8) is 0 Å². The second-order valence-corrected chi connectivity index (χ2v) is 3.38. The Balaban J connectivity index is 2.95. The zero-order valence-electron chi connectivity index (χ0n) is 9.04. The van der Waals surface area contributed by atoms with Crippen LogP contribution in [0.15, 0.2) is 12.1 Å². The van der Waals surface area contributed by atoms with Crippen LogP contribution in [0.5, 0.6) is 0 Å². The lowest BCUT2D eigenvalue weighted by molar-refractivity contribution is -0.142. The molecule has 90 valence electrons. The fraction of sp³-hybridized carbons (Fsp3) is 0.273. The average molecular weight is 240 g/mol. The molecule has 0 saturated carbocycles. The molecule has 1 rings (SSSR count). The predicted molar refractivity (Wildman–Crippen MR) is 54.8 cm³/mol. The highest BCUT2D eigenvalue weighted by Crippen LogP contribution is 2.15. The van der Waals surface area contributed by atoms with Gasteiger partial charge in [0.1, 0.15) is 29.3 Å². The number of rotatable bonds is 3. The normalized spacial score (nSPS) is 11.7. The summed E-state index contributed by atoms with van der Waals surface area (Å²) >= 11 is 0. The Labute approximate surface area is 96.6 Å². The molecule has 0 heterocycles. The molecule has 1 atom stereocenters. The van der Waals surface area contributed by atoms with Crippen molar-refractivity contribution in [2.75, 3.05) is 7.11 Å².